The molecule has 0 saturated carbocycles. The van der Waals surface area contributed by atoms with Gasteiger partial charge in [-0.2, -0.15) is 9.97 Å². The van der Waals surface area contributed by atoms with Crippen LogP contribution in [0.4, 0.5) is 11.8 Å². The first-order valence-electron chi connectivity index (χ1n) is 10.8. The van der Waals surface area contributed by atoms with Crippen molar-refractivity contribution in [2.75, 3.05) is 18.6 Å². The summed E-state index contributed by atoms with van der Waals surface area (Å²) in [5, 5.41) is 0. The third-order valence-corrected chi connectivity index (χ3v) is 7.23. The van der Waals surface area contributed by atoms with E-state index in [0.29, 0.717) is 24.0 Å². The number of nitrogen functional groups attached to an aromatic ring is 2. The molecular weight excluding hydrogens is 455 g/mol. The first-order chi connectivity index (χ1) is 15.2. The Morgan fingerprint density at radius 1 is 1.28 bits per heavy atom. The summed E-state index contributed by atoms with van der Waals surface area (Å²) in [6, 6.07) is 0. The largest absolute Gasteiger partial charge is 0.386 e. The Hall–Kier alpha value is -1.43. The number of hydrogen-bond acceptors (Lipinski definition) is 10. The number of rotatable bonds is 11. The Balaban J connectivity index is 1.94. The number of anilines is 2. The highest BCUT2D eigenvalue weighted by Crippen LogP contribution is 2.57. The lowest BCUT2D eigenvalue weighted by molar-refractivity contribution is -0.0503. The summed E-state index contributed by atoms with van der Waals surface area (Å²) in [5.74, 6) is 0.199. The molecule has 32 heavy (non-hydrogen) atoms. The van der Waals surface area contributed by atoms with Gasteiger partial charge in [0.2, 0.25) is 5.95 Å². The van der Waals surface area contributed by atoms with Crippen molar-refractivity contribution in [3.05, 3.63) is 6.33 Å². The predicted molar refractivity (Wildman–Crippen MR) is 125 cm³/mol. The molecule has 13 heteroatoms. The Kier molecular flexibility index (Phi) is 8.40. The lowest BCUT2D eigenvalue weighted by Crippen LogP contribution is -2.35. The topological polar surface area (TPSA) is 150 Å². The molecule has 2 aromatic rings. The molecule has 11 nitrogen and oxygen atoms in total. The number of unbranched alkanes of at least 4 members (excludes halogenated alkanes) is 2. The number of hydrogen-bond donors (Lipinski definition) is 3. The minimum Gasteiger partial charge on any atom is -0.382 e. The van der Waals surface area contributed by atoms with Gasteiger partial charge in [-0.25, -0.2) is 9.55 Å². The molecule has 0 spiro atoms. The average molecular weight is 489 g/mol. The number of imidazole rings is 1. The van der Waals surface area contributed by atoms with Crippen molar-refractivity contribution >= 4 is 42.0 Å². The van der Waals surface area contributed by atoms with Gasteiger partial charge in [0.05, 0.1) is 18.5 Å². The van der Waals surface area contributed by atoms with E-state index >= 15 is 0 Å². The van der Waals surface area contributed by atoms with E-state index in [4.69, 9.17) is 30.0 Å². The van der Waals surface area contributed by atoms with Crippen molar-refractivity contribution in [2.45, 2.75) is 83.5 Å². The fraction of sp³-hybridized carbons (Fsp3) is 0.737. The van der Waals surface area contributed by atoms with Gasteiger partial charge < -0.3 is 20.9 Å². The van der Waals surface area contributed by atoms with Crippen LogP contribution >= 0.6 is 19.0 Å². The summed E-state index contributed by atoms with van der Waals surface area (Å²) in [6.07, 6.45) is 3.29. The van der Waals surface area contributed by atoms with Gasteiger partial charge >= 0.3 is 6.80 Å². The zero-order chi connectivity index (χ0) is 23.5. The highest BCUT2D eigenvalue weighted by Gasteiger charge is 2.49. The Labute approximate surface area is 193 Å². The SMILES string of the molecule is CCCCCC1OC(n2cnc3c(N)nc(N)nc32)C(OC)C1OP(=O)(S)OC(C)CC. The van der Waals surface area contributed by atoms with Crippen LogP contribution in [0.25, 0.3) is 11.2 Å². The van der Waals surface area contributed by atoms with E-state index < -0.39 is 31.3 Å². The molecule has 6 unspecified atom stereocenters. The molecule has 180 valence electrons. The van der Waals surface area contributed by atoms with Crippen LogP contribution in [0, 0.1) is 0 Å². The van der Waals surface area contributed by atoms with Gasteiger partial charge in [0, 0.05) is 7.11 Å². The first kappa shape index (κ1) is 25.2. The molecule has 3 rings (SSSR count). The fourth-order valence-corrected chi connectivity index (χ4v) is 5.79. The molecule has 2 aromatic heterocycles. The fourth-order valence-electron chi connectivity index (χ4n) is 3.76. The van der Waals surface area contributed by atoms with Crippen LogP contribution in [0.15, 0.2) is 6.33 Å². The maximum absolute atomic E-state index is 13.0. The minimum atomic E-state index is -3.66. The third-order valence-electron chi connectivity index (χ3n) is 5.53. The van der Waals surface area contributed by atoms with Crippen LogP contribution < -0.4 is 11.5 Å². The van der Waals surface area contributed by atoms with Crippen LogP contribution in [-0.4, -0.2) is 51.0 Å². The molecule has 0 aromatic carbocycles. The summed E-state index contributed by atoms with van der Waals surface area (Å²) in [6.45, 7) is 2.21. The van der Waals surface area contributed by atoms with Gasteiger partial charge in [-0.3, -0.25) is 13.6 Å². The van der Waals surface area contributed by atoms with Gasteiger partial charge in [-0.05, 0) is 19.8 Å². The zero-order valence-electron chi connectivity index (χ0n) is 18.9. The van der Waals surface area contributed by atoms with Crippen LogP contribution in [-0.2, 0) is 23.1 Å². The van der Waals surface area contributed by atoms with Gasteiger partial charge in [0.15, 0.2) is 17.7 Å². The number of nitrogens with two attached hydrogens (primary N) is 2. The molecule has 1 aliphatic heterocycles. The van der Waals surface area contributed by atoms with Crippen molar-refractivity contribution in [3.63, 3.8) is 0 Å². The monoisotopic (exact) mass is 488 g/mol. The van der Waals surface area contributed by atoms with Gasteiger partial charge in [-0.1, -0.05) is 45.4 Å². The lowest BCUT2D eigenvalue weighted by Gasteiger charge is -2.27. The summed E-state index contributed by atoms with van der Waals surface area (Å²) in [5.41, 5.74) is 12.6. The predicted octanol–water partition coefficient (Wildman–Crippen LogP) is 3.72. The summed E-state index contributed by atoms with van der Waals surface area (Å²) in [7, 11) is 1.54. The van der Waals surface area contributed by atoms with E-state index in [1.165, 1.54) is 0 Å². The molecule has 6 atom stereocenters. The molecule has 3 heterocycles. The van der Waals surface area contributed by atoms with Crippen molar-refractivity contribution in [1.29, 1.82) is 0 Å². The minimum absolute atomic E-state index is 0.0258. The standard InChI is InChI=1S/C19H33N6O5PS/c1-5-7-8-9-12-14(30-31(26,32)29-11(3)6-2)15(27-4)18(28-12)25-10-22-13-16(20)23-19(21)24-17(13)25/h10-12,14-15,18H,5-9H2,1-4H3,(H,26,32)(H4,20,21,23,24). The van der Waals surface area contributed by atoms with E-state index in [0.717, 1.165) is 19.3 Å². The molecule has 1 aliphatic rings. The number of methoxy groups -OCH3 is 1. The van der Waals surface area contributed by atoms with Crippen molar-refractivity contribution in [2.24, 2.45) is 0 Å². The van der Waals surface area contributed by atoms with Gasteiger partial charge in [0.25, 0.3) is 0 Å². The van der Waals surface area contributed by atoms with E-state index in [-0.39, 0.29) is 17.9 Å². The van der Waals surface area contributed by atoms with Gasteiger partial charge in [0.1, 0.15) is 17.7 Å². The van der Waals surface area contributed by atoms with E-state index in [1.807, 2.05) is 13.8 Å². The first-order valence-corrected chi connectivity index (χ1v) is 13.5. The molecule has 4 N–H and O–H groups in total. The third kappa shape index (κ3) is 5.55. The van der Waals surface area contributed by atoms with Crippen LogP contribution in [0.1, 0.15) is 59.1 Å². The second-order valence-electron chi connectivity index (χ2n) is 7.92. The van der Waals surface area contributed by atoms with Crippen molar-refractivity contribution in [1.82, 2.24) is 19.5 Å². The average Bonchev–Trinajstić information content (AvgIpc) is 3.28. The Morgan fingerprint density at radius 3 is 2.69 bits per heavy atom. The van der Waals surface area contributed by atoms with E-state index in [2.05, 4.69) is 34.1 Å². The summed E-state index contributed by atoms with van der Waals surface area (Å²) in [4.78, 5) is 12.5. The molecule has 0 bridgehead atoms. The molecule has 0 amide bonds. The van der Waals surface area contributed by atoms with Crippen LogP contribution in [0.2, 0.25) is 0 Å². The Bertz CT molecular complexity index is 962. The maximum atomic E-state index is 13.0. The van der Waals surface area contributed by atoms with Crippen LogP contribution in [0.5, 0.6) is 0 Å². The highest BCUT2D eigenvalue weighted by molar-refractivity contribution is 8.44. The smallest absolute Gasteiger partial charge is 0.382 e. The molecular formula is C19H33N6O5PS. The number of nitrogens with zero attached hydrogens (tertiary/aromatic N) is 4. The zero-order valence-corrected chi connectivity index (χ0v) is 20.7. The molecule has 1 fully saturated rings. The number of thiol groups is 1. The normalized spacial score (nSPS) is 26.4. The molecule has 0 aliphatic carbocycles. The second kappa shape index (κ2) is 10.7. The van der Waals surface area contributed by atoms with Gasteiger partial charge in [-0.15, -0.1) is 0 Å². The number of ether oxygens (including phenoxy) is 2. The van der Waals surface area contributed by atoms with Crippen LogP contribution in [0.3, 0.4) is 0 Å². The quantitative estimate of drug-likeness (QED) is 0.243. The summed E-state index contributed by atoms with van der Waals surface area (Å²) < 4.78 is 38.3. The Morgan fingerprint density at radius 2 is 2.03 bits per heavy atom. The molecule has 0 radical (unpaired) electrons. The van der Waals surface area contributed by atoms with Crippen molar-refractivity contribution in [3.8, 4) is 0 Å². The lowest BCUT2D eigenvalue weighted by atomic mass is 10.0. The summed E-state index contributed by atoms with van der Waals surface area (Å²) >= 11 is 4.20. The highest BCUT2D eigenvalue weighted by atomic mass is 32.7. The maximum Gasteiger partial charge on any atom is 0.386 e. The van der Waals surface area contributed by atoms with E-state index in [9.17, 15) is 4.57 Å². The molecule has 1 saturated heterocycles. The number of aromatic nitrogens is 4. The van der Waals surface area contributed by atoms with Crippen molar-refractivity contribution < 1.29 is 23.1 Å². The second-order valence-corrected chi connectivity index (χ2v) is 10.7. The van der Waals surface area contributed by atoms with E-state index in [1.54, 1.807) is 18.0 Å². The number of fused-ring (bicyclic) bond motifs is 1.